The lowest BCUT2D eigenvalue weighted by molar-refractivity contribution is 0.552. The highest BCUT2D eigenvalue weighted by Gasteiger charge is 2.25. The minimum Gasteiger partial charge on any atom is -0.358 e. The van der Waals surface area contributed by atoms with Crippen LogP contribution in [0, 0.1) is 6.92 Å². The van der Waals surface area contributed by atoms with Gasteiger partial charge in [-0.25, -0.2) is 0 Å². The van der Waals surface area contributed by atoms with E-state index in [1.54, 1.807) is 6.20 Å². The molecule has 18 heavy (non-hydrogen) atoms. The molecule has 0 aliphatic heterocycles. The summed E-state index contributed by atoms with van der Waals surface area (Å²) in [5, 5.41) is 11.4. The third-order valence-electron chi connectivity index (χ3n) is 3.01. The molecule has 0 spiro atoms. The van der Waals surface area contributed by atoms with Crippen molar-refractivity contribution in [2.45, 2.75) is 19.4 Å². The predicted octanol–water partition coefficient (Wildman–Crippen LogP) is 2.07. The Morgan fingerprint density at radius 1 is 1.28 bits per heavy atom. The lowest BCUT2D eigenvalue weighted by Crippen LogP contribution is -2.40. The second-order valence-corrected chi connectivity index (χ2v) is 4.65. The summed E-state index contributed by atoms with van der Waals surface area (Å²) in [6, 6.07) is 12.1. The Balaban J connectivity index is 2.29. The number of nitrogens with zero attached hydrogens (tertiary/aromatic N) is 2. The van der Waals surface area contributed by atoms with Gasteiger partial charge in [-0.05, 0) is 31.0 Å². The maximum Gasteiger partial charge on any atom is 0.149 e. The Labute approximate surface area is 107 Å². The molecule has 0 aliphatic carbocycles. The zero-order valence-corrected chi connectivity index (χ0v) is 10.7. The van der Waals surface area contributed by atoms with Crippen molar-refractivity contribution >= 4 is 5.82 Å². The first kappa shape index (κ1) is 12.5. The quantitative estimate of drug-likeness (QED) is 0.861. The summed E-state index contributed by atoms with van der Waals surface area (Å²) < 4.78 is 0. The number of aryl methyl sites for hydroxylation is 1. The van der Waals surface area contributed by atoms with E-state index >= 15 is 0 Å². The maximum atomic E-state index is 5.91. The van der Waals surface area contributed by atoms with Crippen LogP contribution in [0.5, 0.6) is 0 Å². The Morgan fingerprint density at radius 2 is 2.00 bits per heavy atom. The van der Waals surface area contributed by atoms with E-state index < -0.39 is 0 Å². The Kier molecular flexibility index (Phi) is 3.58. The highest BCUT2D eigenvalue weighted by molar-refractivity contribution is 5.42. The molecule has 1 aromatic heterocycles. The van der Waals surface area contributed by atoms with Gasteiger partial charge >= 0.3 is 0 Å². The first-order chi connectivity index (χ1) is 8.64. The topological polar surface area (TPSA) is 63.8 Å². The van der Waals surface area contributed by atoms with Crippen molar-refractivity contribution in [3.8, 4) is 0 Å². The van der Waals surface area contributed by atoms with Gasteiger partial charge in [-0.3, -0.25) is 0 Å². The average Bonchev–Trinajstić information content (AvgIpc) is 2.39. The molecule has 0 saturated heterocycles. The van der Waals surface area contributed by atoms with Crippen molar-refractivity contribution in [2.75, 3.05) is 11.9 Å². The normalized spacial score (nSPS) is 13.9. The number of rotatable bonds is 4. The Hall–Kier alpha value is -1.94. The number of nitrogens with one attached hydrogen (secondary N) is 1. The van der Waals surface area contributed by atoms with Crippen LogP contribution in [-0.2, 0) is 5.54 Å². The molecule has 3 N–H and O–H groups in total. The summed E-state index contributed by atoms with van der Waals surface area (Å²) in [5.74, 6) is 0.742. The SMILES string of the molecule is Cc1cnnc(NC(C)(CN)c2ccccc2)c1. The molecule has 0 amide bonds. The van der Waals surface area contributed by atoms with Gasteiger partial charge in [0.1, 0.15) is 5.82 Å². The van der Waals surface area contributed by atoms with E-state index in [1.165, 1.54) is 0 Å². The lowest BCUT2D eigenvalue weighted by atomic mass is 9.92. The highest BCUT2D eigenvalue weighted by atomic mass is 15.2. The molecule has 1 heterocycles. The van der Waals surface area contributed by atoms with E-state index in [-0.39, 0.29) is 5.54 Å². The first-order valence-corrected chi connectivity index (χ1v) is 5.97. The van der Waals surface area contributed by atoms with Crippen LogP contribution in [0.1, 0.15) is 18.1 Å². The van der Waals surface area contributed by atoms with E-state index in [0.29, 0.717) is 6.54 Å². The van der Waals surface area contributed by atoms with Crippen LogP contribution < -0.4 is 11.1 Å². The van der Waals surface area contributed by atoms with Gasteiger partial charge in [0.05, 0.1) is 11.7 Å². The average molecular weight is 242 g/mol. The summed E-state index contributed by atoms with van der Waals surface area (Å²) in [4.78, 5) is 0. The molecule has 4 heteroatoms. The second-order valence-electron chi connectivity index (χ2n) is 4.65. The van der Waals surface area contributed by atoms with Crippen molar-refractivity contribution in [3.05, 3.63) is 53.7 Å². The van der Waals surface area contributed by atoms with E-state index in [1.807, 2.05) is 31.2 Å². The summed E-state index contributed by atoms with van der Waals surface area (Å²) >= 11 is 0. The molecule has 2 aromatic rings. The smallest absolute Gasteiger partial charge is 0.149 e. The van der Waals surface area contributed by atoms with Crippen molar-refractivity contribution in [2.24, 2.45) is 5.73 Å². The van der Waals surface area contributed by atoms with E-state index in [9.17, 15) is 0 Å². The third kappa shape index (κ3) is 2.65. The van der Waals surface area contributed by atoms with E-state index in [2.05, 4.69) is 34.6 Å². The molecule has 94 valence electrons. The summed E-state index contributed by atoms with van der Waals surface area (Å²) in [7, 11) is 0. The summed E-state index contributed by atoms with van der Waals surface area (Å²) in [6.45, 7) is 4.53. The number of anilines is 1. The fourth-order valence-electron chi connectivity index (χ4n) is 1.85. The number of aromatic nitrogens is 2. The predicted molar refractivity (Wildman–Crippen MR) is 73.2 cm³/mol. The minimum absolute atomic E-state index is 0.344. The van der Waals surface area contributed by atoms with Crippen LogP contribution in [0.15, 0.2) is 42.6 Å². The molecular weight excluding hydrogens is 224 g/mol. The molecule has 0 saturated carbocycles. The van der Waals surface area contributed by atoms with Crippen molar-refractivity contribution in [1.29, 1.82) is 0 Å². The zero-order valence-electron chi connectivity index (χ0n) is 10.7. The van der Waals surface area contributed by atoms with Gasteiger partial charge in [-0.15, -0.1) is 5.10 Å². The Bertz CT molecular complexity index is 512. The molecule has 0 fully saturated rings. The Morgan fingerprint density at radius 3 is 2.61 bits per heavy atom. The molecule has 4 nitrogen and oxygen atoms in total. The zero-order chi connectivity index (χ0) is 13.0. The van der Waals surface area contributed by atoms with Crippen molar-refractivity contribution < 1.29 is 0 Å². The van der Waals surface area contributed by atoms with Crippen molar-refractivity contribution in [1.82, 2.24) is 10.2 Å². The van der Waals surface area contributed by atoms with E-state index in [4.69, 9.17) is 5.73 Å². The molecular formula is C14H18N4. The lowest BCUT2D eigenvalue weighted by Gasteiger charge is -2.30. The van der Waals surface area contributed by atoms with Crippen LogP contribution in [0.25, 0.3) is 0 Å². The van der Waals surface area contributed by atoms with Gasteiger partial charge in [0.2, 0.25) is 0 Å². The monoisotopic (exact) mass is 242 g/mol. The number of hydrogen-bond acceptors (Lipinski definition) is 4. The molecule has 2 rings (SSSR count). The third-order valence-corrected chi connectivity index (χ3v) is 3.01. The second kappa shape index (κ2) is 5.14. The van der Waals surface area contributed by atoms with Crippen LogP contribution in [0.4, 0.5) is 5.82 Å². The molecule has 0 aliphatic rings. The number of benzene rings is 1. The molecule has 0 radical (unpaired) electrons. The molecule has 1 atom stereocenters. The largest absolute Gasteiger partial charge is 0.358 e. The van der Waals surface area contributed by atoms with Gasteiger partial charge in [0.25, 0.3) is 0 Å². The fraction of sp³-hybridized carbons (Fsp3) is 0.286. The maximum absolute atomic E-state index is 5.91. The van der Waals surface area contributed by atoms with Crippen molar-refractivity contribution in [3.63, 3.8) is 0 Å². The van der Waals surface area contributed by atoms with Gasteiger partial charge in [-0.1, -0.05) is 30.3 Å². The molecule has 1 unspecified atom stereocenters. The van der Waals surface area contributed by atoms with Crippen LogP contribution >= 0.6 is 0 Å². The molecule has 1 aromatic carbocycles. The van der Waals surface area contributed by atoms with Gasteiger partial charge in [0, 0.05) is 6.54 Å². The van der Waals surface area contributed by atoms with Gasteiger partial charge < -0.3 is 11.1 Å². The number of nitrogens with two attached hydrogens (primary N) is 1. The minimum atomic E-state index is -0.344. The molecule has 0 bridgehead atoms. The highest BCUT2D eigenvalue weighted by Crippen LogP contribution is 2.23. The van der Waals surface area contributed by atoms with Gasteiger partial charge in [-0.2, -0.15) is 5.10 Å². The van der Waals surface area contributed by atoms with Crippen LogP contribution in [0.3, 0.4) is 0 Å². The summed E-state index contributed by atoms with van der Waals surface area (Å²) in [5.41, 5.74) is 7.78. The summed E-state index contributed by atoms with van der Waals surface area (Å²) in [6.07, 6.45) is 1.73. The van der Waals surface area contributed by atoms with Crippen LogP contribution in [0.2, 0.25) is 0 Å². The standard InChI is InChI=1S/C14H18N4/c1-11-8-13(18-16-9-11)17-14(2,10-15)12-6-4-3-5-7-12/h3-9H,10,15H2,1-2H3,(H,17,18). The van der Waals surface area contributed by atoms with E-state index in [0.717, 1.165) is 16.9 Å². The van der Waals surface area contributed by atoms with Crippen LogP contribution in [-0.4, -0.2) is 16.7 Å². The number of hydrogen-bond donors (Lipinski definition) is 2. The van der Waals surface area contributed by atoms with Gasteiger partial charge in [0.15, 0.2) is 0 Å². The first-order valence-electron chi connectivity index (χ1n) is 5.97. The fourth-order valence-corrected chi connectivity index (χ4v) is 1.85.